The van der Waals surface area contributed by atoms with E-state index in [9.17, 15) is 35.5 Å². The van der Waals surface area contributed by atoms with Crippen molar-refractivity contribution >= 4 is 5.97 Å². The first kappa shape index (κ1) is 21.5. The molecule has 0 bridgehead atoms. The van der Waals surface area contributed by atoms with Crippen LogP contribution in [-0.2, 0) is 17.2 Å². The van der Waals surface area contributed by atoms with E-state index < -0.39 is 66.6 Å². The Hall–Kier alpha value is -1.81. The molecule has 0 saturated heterocycles. The van der Waals surface area contributed by atoms with Crippen molar-refractivity contribution in [2.45, 2.75) is 58.2 Å². The summed E-state index contributed by atoms with van der Waals surface area (Å²) in [5, 5.41) is 3.57. The molecule has 0 aliphatic heterocycles. The van der Waals surface area contributed by atoms with Gasteiger partial charge in [-0.3, -0.25) is 4.68 Å². The van der Waals surface area contributed by atoms with Crippen molar-refractivity contribution in [2.75, 3.05) is 6.61 Å². The van der Waals surface area contributed by atoms with Crippen LogP contribution in [0.1, 0.15) is 48.4 Å². The Kier molecular flexibility index (Phi) is 5.55. The molecule has 0 radical (unpaired) electrons. The first-order chi connectivity index (χ1) is 12.2. The minimum Gasteiger partial charge on any atom is -0.461 e. The predicted molar refractivity (Wildman–Crippen MR) is 79.7 cm³/mol. The fraction of sp³-hybridized carbons (Fsp3) is 0.750. The Labute approximate surface area is 150 Å². The van der Waals surface area contributed by atoms with Crippen LogP contribution in [0.15, 0.2) is 0 Å². The molecule has 0 N–H and O–H groups in total. The summed E-state index contributed by atoms with van der Waals surface area (Å²) in [4.78, 5) is 12.1. The van der Waals surface area contributed by atoms with Crippen LogP contribution in [0.5, 0.6) is 0 Å². The largest absolute Gasteiger partial charge is 0.461 e. The third kappa shape index (κ3) is 4.55. The van der Waals surface area contributed by atoms with Gasteiger partial charge in [0.2, 0.25) is 5.92 Å². The van der Waals surface area contributed by atoms with Crippen LogP contribution in [0.25, 0.3) is 0 Å². The fourth-order valence-corrected chi connectivity index (χ4v) is 3.45. The van der Waals surface area contributed by atoms with E-state index in [1.165, 1.54) is 6.92 Å². The third-order valence-corrected chi connectivity index (χ3v) is 4.55. The molecule has 1 aliphatic carbocycles. The quantitative estimate of drug-likeness (QED) is 0.528. The molecule has 1 aliphatic rings. The number of hydrogen-bond acceptors (Lipinski definition) is 3. The summed E-state index contributed by atoms with van der Waals surface area (Å²) in [7, 11) is 0. The molecule has 1 fully saturated rings. The molecule has 2 atom stereocenters. The summed E-state index contributed by atoms with van der Waals surface area (Å²) in [5.41, 5.74) is -1.52. The van der Waals surface area contributed by atoms with E-state index in [2.05, 4.69) is 5.10 Å². The van der Waals surface area contributed by atoms with Gasteiger partial charge in [0, 0.05) is 31.9 Å². The number of aromatic nitrogens is 2. The van der Waals surface area contributed by atoms with Gasteiger partial charge < -0.3 is 4.74 Å². The van der Waals surface area contributed by atoms with Crippen molar-refractivity contribution in [1.29, 1.82) is 0 Å². The molecule has 154 valence electrons. The van der Waals surface area contributed by atoms with Gasteiger partial charge in [0.15, 0.2) is 0 Å². The molecule has 27 heavy (non-hydrogen) atoms. The standard InChI is InChI=1S/C16H19F7N2O2/c1-4-27-13(26)11-8(2)12(14(3,17)18)24-25(11)7-9-5-15(19,20)6-10(9)16(21,22)23/h9-10H,4-7H2,1-3H3/t9-,10+/m0/s1. The predicted octanol–water partition coefficient (Wildman–Crippen LogP) is 4.70. The van der Waals surface area contributed by atoms with Crippen molar-refractivity contribution in [3.63, 3.8) is 0 Å². The normalized spacial score (nSPS) is 22.9. The number of esters is 1. The van der Waals surface area contributed by atoms with E-state index in [-0.39, 0.29) is 12.2 Å². The Morgan fingerprint density at radius 2 is 1.85 bits per heavy atom. The first-order valence-electron chi connectivity index (χ1n) is 8.24. The van der Waals surface area contributed by atoms with E-state index in [0.717, 1.165) is 6.92 Å². The van der Waals surface area contributed by atoms with Crippen molar-refractivity contribution in [3.8, 4) is 0 Å². The van der Waals surface area contributed by atoms with E-state index in [1.807, 2.05) is 0 Å². The Bertz CT molecular complexity index is 707. The molecule has 11 heteroatoms. The van der Waals surface area contributed by atoms with Crippen LogP contribution >= 0.6 is 0 Å². The Morgan fingerprint density at radius 1 is 1.26 bits per heavy atom. The minimum atomic E-state index is -4.88. The van der Waals surface area contributed by atoms with Crippen LogP contribution < -0.4 is 0 Å². The van der Waals surface area contributed by atoms with Gasteiger partial charge in [-0.1, -0.05) is 0 Å². The SMILES string of the molecule is CCOC(=O)c1c(C)c(C(C)(F)F)nn1C[C@@H]1CC(F)(F)C[C@H]1C(F)(F)F. The summed E-state index contributed by atoms with van der Waals surface area (Å²) in [5.74, 6) is -12.0. The van der Waals surface area contributed by atoms with Crippen LogP contribution in [0.2, 0.25) is 0 Å². The number of alkyl halides is 7. The summed E-state index contributed by atoms with van der Waals surface area (Å²) >= 11 is 0. The summed E-state index contributed by atoms with van der Waals surface area (Å²) in [6.07, 6.45) is -7.34. The highest BCUT2D eigenvalue weighted by molar-refractivity contribution is 5.89. The molecule has 1 aromatic heterocycles. The van der Waals surface area contributed by atoms with Crippen LogP contribution in [0.4, 0.5) is 30.7 Å². The smallest absolute Gasteiger partial charge is 0.392 e. The maximum Gasteiger partial charge on any atom is 0.392 e. The van der Waals surface area contributed by atoms with Gasteiger partial charge in [-0.2, -0.15) is 27.1 Å². The molecule has 2 rings (SSSR count). The zero-order chi connectivity index (χ0) is 20.8. The number of ether oxygens (including phenoxy) is 1. The molecule has 1 saturated carbocycles. The molecule has 4 nitrogen and oxygen atoms in total. The number of rotatable bonds is 5. The highest BCUT2D eigenvalue weighted by Crippen LogP contribution is 2.50. The molecule has 1 aromatic rings. The van der Waals surface area contributed by atoms with Crippen molar-refractivity contribution in [1.82, 2.24) is 9.78 Å². The van der Waals surface area contributed by atoms with Gasteiger partial charge in [-0.15, -0.1) is 0 Å². The van der Waals surface area contributed by atoms with Crippen molar-refractivity contribution < 1.29 is 40.3 Å². The maximum atomic E-state index is 13.7. The van der Waals surface area contributed by atoms with Crippen LogP contribution in [0.3, 0.4) is 0 Å². The van der Waals surface area contributed by atoms with E-state index in [4.69, 9.17) is 4.74 Å². The topological polar surface area (TPSA) is 44.1 Å². The van der Waals surface area contributed by atoms with Gasteiger partial charge in [0.1, 0.15) is 11.4 Å². The molecular weight excluding hydrogens is 385 g/mol. The molecule has 0 aromatic carbocycles. The molecule has 0 amide bonds. The number of carbonyl (C=O) groups excluding carboxylic acids is 1. The number of carbonyl (C=O) groups is 1. The van der Waals surface area contributed by atoms with Gasteiger partial charge in [-0.25, -0.2) is 13.6 Å². The second kappa shape index (κ2) is 6.97. The number of hydrogen-bond donors (Lipinski definition) is 0. The van der Waals surface area contributed by atoms with E-state index in [1.54, 1.807) is 0 Å². The highest BCUT2D eigenvalue weighted by Gasteiger charge is 2.57. The fourth-order valence-electron chi connectivity index (χ4n) is 3.45. The second-order valence-electron chi connectivity index (χ2n) is 6.79. The van der Waals surface area contributed by atoms with Gasteiger partial charge in [-0.05, 0) is 19.8 Å². The Balaban J connectivity index is 2.46. The van der Waals surface area contributed by atoms with Gasteiger partial charge >= 0.3 is 12.1 Å². The lowest BCUT2D eigenvalue weighted by molar-refractivity contribution is -0.188. The molecular formula is C16H19F7N2O2. The lowest BCUT2D eigenvalue weighted by atomic mass is 9.95. The van der Waals surface area contributed by atoms with Crippen LogP contribution in [-0.4, -0.2) is 34.5 Å². The summed E-state index contributed by atoms with van der Waals surface area (Å²) in [6, 6.07) is 0. The minimum absolute atomic E-state index is 0.103. The average Bonchev–Trinajstić information content (AvgIpc) is 2.95. The lowest BCUT2D eigenvalue weighted by Gasteiger charge is -2.22. The maximum absolute atomic E-state index is 13.7. The summed E-state index contributed by atoms with van der Waals surface area (Å²) in [6.45, 7) is 2.29. The first-order valence-corrected chi connectivity index (χ1v) is 8.24. The van der Waals surface area contributed by atoms with Crippen LogP contribution in [0, 0.1) is 18.8 Å². The monoisotopic (exact) mass is 404 g/mol. The highest BCUT2D eigenvalue weighted by atomic mass is 19.4. The van der Waals surface area contributed by atoms with Crippen molar-refractivity contribution in [3.05, 3.63) is 17.0 Å². The average molecular weight is 404 g/mol. The molecule has 0 spiro atoms. The van der Waals surface area contributed by atoms with E-state index >= 15 is 0 Å². The number of halogens is 7. The summed E-state index contributed by atoms with van der Waals surface area (Å²) < 4.78 is 99.5. The second-order valence-corrected chi connectivity index (χ2v) is 6.79. The van der Waals surface area contributed by atoms with Gasteiger partial charge in [0.05, 0.1) is 12.5 Å². The molecule has 0 unspecified atom stereocenters. The van der Waals surface area contributed by atoms with E-state index in [0.29, 0.717) is 11.6 Å². The number of nitrogens with zero attached hydrogens (tertiary/aromatic N) is 2. The molecule has 1 heterocycles. The van der Waals surface area contributed by atoms with Gasteiger partial charge in [0.25, 0.3) is 5.92 Å². The lowest BCUT2D eigenvalue weighted by Crippen LogP contribution is -2.30. The van der Waals surface area contributed by atoms with Crippen molar-refractivity contribution in [2.24, 2.45) is 11.8 Å². The third-order valence-electron chi connectivity index (χ3n) is 4.55. The zero-order valence-electron chi connectivity index (χ0n) is 14.8. The zero-order valence-corrected chi connectivity index (χ0v) is 14.8. The Morgan fingerprint density at radius 3 is 2.33 bits per heavy atom.